The summed E-state index contributed by atoms with van der Waals surface area (Å²) in [6, 6.07) is 17.1. The van der Waals surface area contributed by atoms with Gasteiger partial charge in [0.1, 0.15) is 4.70 Å². The average Bonchev–Trinajstić information content (AvgIpc) is 3.45. The van der Waals surface area contributed by atoms with Crippen LogP contribution < -0.4 is 9.47 Å². The van der Waals surface area contributed by atoms with Crippen LogP contribution in [0.15, 0.2) is 92.9 Å². The molecule has 1 N–H and O–H groups in total. The molecule has 0 radical (unpaired) electrons. The summed E-state index contributed by atoms with van der Waals surface area (Å²) in [6.45, 7) is 4.01. The molecule has 37 heavy (non-hydrogen) atoms. The predicted octanol–water partition coefficient (Wildman–Crippen LogP) is 8.44. The minimum atomic E-state index is 0.120. The number of thioether (sulfide) groups is 1. The SMILES string of the molecule is CCCCC[n+]1c(/C=C/C2=C(Cl)C(=C/C=C3/Sc4ccccc4N3CCO)/CCC2)sc2ccccc21. The summed E-state index contributed by atoms with van der Waals surface area (Å²) in [6.07, 6.45) is 15.6. The van der Waals surface area contributed by atoms with Gasteiger partial charge in [0.05, 0.1) is 17.3 Å². The highest BCUT2D eigenvalue weighted by Crippen LogP contribution is 2.46. The minimum Gasteiger partial charge on any atom is -0.395 e. The number of thiazole rings is 1. The van der Waals surface area contributed by atoms with Crippen LogP contribution in [0, 0.1) is 0 Å². The quantitative estimate of drug-likeness (QED) is 0.214. The second-order valence-corrected chi connectivity index (χ2v) is 11.9. The van der Waals surface area contributed by atoms with Gasteiger partial charge in [-0.1, -0.05) is 84.5 Å². The first-order chi connectivity index (χ1) is 18.2. The lowest BCUT2D eigenvalue weighted by Crippen LogP contribution is -2.35. The predicted molar refractivity (Wildman–Crippen MR) is 160 cm³/mol. The first-order valence-electron chi connectivity index (χ1n) is 13.2. The molecule has 1 aliphatic carbocycles. The fourth-order valence-corrected chi connectivity index (χ4v) is 7.48. The van der Waals surface area contributed by atoms with Gasteiger partial charge in [-0.15, -0.1) is 0 Å². The van der Waals surface area contributed by atoms with Crippen LogP contribution in [-0.2, 0) is 6.54 Å². The van der Waals surface area contributed by atoms with E-state index in [1.807, 2.05) is 11.3 Å². The Hall–Kier alpha value is -2.31. The Morgan fingerprint density at radius 1 is 1.03 bits per heavy atom. The molecule has 0 spiro atoms. The third-order valence-electron chi connectivity index (χ3n) is 6.89. The lowest BCUT2D eigenvalue weighted by molar-refractivity contribution is -0.669. The molecule has 5 rings (SSSR count). The third-order valence-corrected chi connectivity index (χ3v) is 9.64. The molecule has 0 atom stereocenters. The number of hydrogen-bond acceptors (Lipinski definition) is 4. The van der Waals surface area contributed by atoms with Crippen LogP contribution in [0.25, 0.3) is 16.3 Å². The smallest absolute Gasteiger partial charge is 0.262 e. The van der Waals surface area contributed by atoms with Crippen LogP contribution in [0.5, 0.6) is 0 Å². The Balaban J connectivity index is 1.40. The van der Waals surface area contributed by atoms with Gasteiger partial charge in [0.25, 0.3) is 5.01 Å². The van der Waals surface area contributed by atoms with E-state index in [2.05, 4.69) is 89.2 Å². The van der Waals surface area contributed by atoms with Crippen molar-refractivity contribution < 1.29 is 9.67 Å². The second-order valence-electron chi connectivity index (χ2n) is 9.43. The third kappa shape index (κ3) is 5.91. The molecule has 192 valence electrons. The molecule has 0 amide bonds. The van der Waals surface area contributed by atoms with Gasteiger partial charge in [0, 0.05) is 35.0 Å². The number of para-hydroxylation sites is 2. The van der Waals surface area contributed by atoms with Crippen molar-refractivity contribution in [1.29, 1.82) is 0 Å². The number of aromatic nitrogens is 1. The Labute approximate surface area is 233 Å². The number of rotatable bonds is 9. The largest absolute Gasteiger partial charge is 0.395 e. The van der Waals surface area contributed by atoms with E-state index in [-0.39, 0.29) is 6.61 Å². The van der Waals surface area contributed by atoms with E-state index >= 15 is 0 Å². The molecule has 0 saturated carbocycles. The number of benzene rings is 2. The van der Waals surface area contributed by atoms with E-state index in [0.29, 0.717) is 6.54 Å². The highest BCUT2D eigenvalue weighted by Gasteiger charge is 2.24. The maximum Gasteiger partial charge on any atom is 0.262 e. The van der Waals surface area contributed by atoms with E-state index in [9.17, 15) is 5.11 Å². The van der Waals surface area contributed by atoms with E-state index in [4.69, 9.17) is 11.6 Å². The second kappa shape index (κ2) is 12.5. The highest BCUT2D eigenvalue weighted by molar-refractivity contribution is 8.03. The van der Waals surface area contributed by atoms with Crippen molar-refractivity contribution in [2.24, 2.45) is 0 Å². The zero-order valence-corrected chi connectivity index (χ0v) is 23.7. The van der Waals surface area contributed by atoms with Crippen LogP contribution in [0.2, 0.25) is 0 Å². The number of halogens is 1. The lowest BCUT2D eigenvalue weighted by Gasteiger charge is -2.19. The topological polar surface area (TPSA) is 27.4 Å². The number of aryl methyl sites for hydroxylation is 1. The summed E-state index contributed by atoms with van der Waals surface area (Å²) in [5.74, 6) is 0. The van der Waals surface area contributed by atoms with Gasteiger partial charge in [0.15, 0.2) is 6.54 Å². The molecule has 3 aromatic rings. The molecule has 6 heteroatoms. The van der Waals surface area contributed by atoms with E-state index in [1.54, 1.807) is 11.8 Å². The summed E-state index contributed by atoms with van der Waals surface area (Å²) in [5, 5.41) is 12.9. The molecule has 0 saturated heterocycles. The highest BCUT2D eigenvalue weighted by atomic mass is 35.5. The van der Waals surface area contributed by atoms with Gasteiger partial charge < -0.3 is 10.0 Å². The van der Waals surface area contributed by atoms with Crippen LogP contribution >= 0.6 is 34.7 Å². The Morgan fingerprint density at radius 3 is 2.73 bits per heavy atom. The Morgan fingerprint density at radius 2 is 1.86 bits per heavy atom. The Bertz CT molecular complexity index is 1380. The molecular weight excluding hydrogens is 516 g/mol. The molecule has 2 aliphatic rings. The van der Waals surface area contributed by atoms with Gasteiger partial charge in [0.2, 0.25) is 5.52 Å². The van der Waals surface area contributed by atoms with Gasteiger partial charge in [-0.2, -0.15) is 4.57 Å². The van der Waals surface area contributed by atoms with Crippen LogP contribution in [0.3, 0.4) is 0 Å². The van der Waals surface area contributed by atoms with E-state index in [1.165, 1.54) is 50.5 Å². The van der Waals surface area contributed by atoms with Crippen molar-refractivity contribution in [3.05, 3.63) is 93.0 Å². The summed E-state index contributed by atoms with van der Waals surface area (Å²) in [5.41, 5.74) is 4.88. The summed E-state index contributed by atoms with van der Waals surface area (Å²) >= 11 is 10.6. The van der Waals surface area contributed by atoms with E-state index < -0.39 is 0 Å². The Kier molecular flexibility index (Phi) is 8.88. The molecule has 3 nitrogen and oxygen atoms in total. The molecule has 1 aliphatic heterocycles. The van der Waals surface area contributed by atoms with Crippen molar-refractivity contribution in [2.45, 2.75) is 56.9 Å². The van der Waals surface area contributed by atoms with Crippen LogP contribution in [-0.4, -0.2) is 18.3 Å². The summed E-state index contributed by atoms with van der Waals surface area (Å²) in [7, 11) is 0. The van der Waals surface area contributed by atoms with E-state index in [0.717, 1.165) is 41.6 Å². The first-order valence-corrected chi connectivity index (χ1v) is 15.2. The standard InChI is InChI=1S/C31H34ClN2OS2/c1-2-3-8-20-33-25-12-4-6-14-27(25)36-29(33)18-16-23-10-9-11-24(31(23)32)17-19-30-34(21-22-35)26-13-5-7-15-28(26)37-30/h4-7,12-19,35H,2-3,8-11,20-22H2,1H3/q+1. The fraction of sp³-hybridized carbons (Fsp3) is 0.323. The lowest BCUT2D eigenvalue weighted by atomic mass is 9.94. The number of unbranched alkanes of at least 4 members (excludes halogenated alkanes) is 2. The molecule has 0 bridgehead atoms. The van der Waals surface area contributed by atoms with Crippen molar-refractivity contribution in [1.82, 2.24) is 0 Å². The molecule has 0 fully saturated rings. The maximum absolute atomic E-state index is 9.61. The zero-order valence-electron chi connectivity index (χ0n) is 21.3. The van der Waals surface area contributed by atoms with Gasteiger partial charge in [-0.05, 0) is 61.1 Å². The number of β-amino-alcohol motifs (C(OH)–C–C–N with tert-alkyl or cyclic N) is 1. The fourth-order valence-electron chi connectivity index (χ4n) is 4.99. The van der Waals surface area contributed by atoms with Crippen molar-refractivity contribution >= 4 is 56.7 Å². The normalized spacial score (nSPS) is 18.2. The number of anilines is 1. The van der Waals surface area contributed by atoms with Crippen molar-refractivity contribution in [3.8, 4) is 0 Å². The van der Waals surface area contributed by atoms with Crippen molar-refractivity contribution in [2.75, 3.05) is 18.1 Å². The number of aliphatic hydroxyl groups excluding tert-OH is 1. The molecule has 2 aromatic carbocycles. The first kappa shape index (κ1) is 26.3. The zero-order chi connectivity index (χ0) is 25.6. The number of allylic oxidation sites excluding steroid dienone is 6. The van der Waals surface area contributed by atoms with Gasteiger partial charge >= 0.3 is 0 Å². The molecule has 1 aromatic heterocycles. The number of hydrogen-bond donors (Lipinski definition) is 1. The monoisotopic (exact) mass is 549 g/mol. The molecule has 2 heterocycles. The van der Waals surface area contributed by atoms with Gasteiger partial charge in [-0.25, -0.2) is 0 Å². The molecular formula is C31H34ClN2OS2+. The number of fused-ring (bicyclic) bond motifs is 2. The maximum atomic E-state index is 9.61. The van der Waals surface area contributed by atoms with Crippen LogP contribution in [0.4, 0.5) is 5.69 Å². The van der Waals surface area contributed by atoms with Crippen LogP contribution in [0.1, 0.15) is 50.5 Å². The number of aliphatic hydroxyl groups is 1. The minimum absolute atomic E-state index is 0.120. The van der Waals surface area contributed by atoms with Crippen molar-refractivity contribution in [3.63, 3.8) is 0 Å². The molecule has 0 unspecified atom stereocenters. The average molecular weight is 550 g/mol. The van der Waals surface area contributed by atoms with Gasteiger partial charge in [-0.3, -0.25) is 0 Å². The summed E-state index contributed by atoms with van der Waals surface area (Å²) < 4.78 is 3.80. The number of nitrogens with zero attached hydrogens (tertiary/aromatic N) is 2. The summed E-state index contributed by atoms with van der Waals surface area (Å²) in [4.78, 5) is 3.42.